The van der Waals surface area contributed by atoms with Crippen LogP contribution in [-0.2, 0) is 32.6 Å². The summed E-state index contributed by atoms with van der Waals surface area (Å²) >= 11 is 0. The zero-order valence-electron chi connectivity index (χ0n) is 27.2. The molecule has 3 N–H and O–H groups in total. The van der Waals surface area contributed by atoms with E-state index in [0.717, 1.165) is 24.9 Å². The number of likely N-dealkylation sites (tertiary alicyclic amines) is 1. The third kappa shape index (κ3) is 6.64. The Bertz CT molecular complexity index is 1340. The number of nitrogens with one attached hydrogen (secondary N) is 1. The number of hydrogen-bond donors (Lipinski definition) is 2. The number of benzene rings is 2. The fourth-order valence-electron chi connectivity index (χ4n) is 8.12. The van der Waals surface area contributed by atoms with E-state index in [0.29, 0.717) is 24.1 Å². The van der Waals surface area contributed by atoms with Gasteiger partial charge in [-0.25, -0.2) is 0 Å². The maximum atomic E-state index is 13.9. The summed E-state index contributed by atoms with van der Waals surface area (Å²) in [5.74, 6) is -0.638. The van der Waals surface area contributed by atoms with Crippen LogP contribution in [0, 0.1) is 23.7 Å². The number of Topliss-reactive ketones (excluding diaryl/α,β-unsaturated/α-hetero) is 1. The van der Waals surface area contributed by atoms with Crippen molar-refractivity contribution in [3.63, 3.8) is 0 Å². The summed E-state index contributed by atoms with van der Waals surface area (Å²) in [5.41, 5.74) is 9.94. The molecule has 0 aromatic heterocycles. The maximum Gasteiger partial charge on any atom is 0.315 e. The average Bonchev–Trinajstić information content (AvgIpc) is 3.01. The van der Waals surface area contributed by atoms with Gasteiger partial charge in [0, 0.05) is 17.9 Å². The predicted octanol–water partition coefficient (Wildman–Crippen LogP) is 5.22. The van der Waals surface area contributed by atoms with E-state index in [2.05, 4.69) is 29.4 Å². The highest BCUT2D eigenvalue weighted by Crippen LogP contribution is 2.56. The number of rotatable bonds is 11. The van der Waals surface area contributed by atoms with Crippen LogP contribution in [0.5, 0.6) is 5.75 Å². The number of carbonyl (C=O) groups excluding carboxylic acids is 3. The minimum atomic E-state index is -0.734. The number of carbonyl (C=O) groups is 3. The van der Waals surface area contributed by atoms with Crippen molar-refractivity contribution in [3.8, 4) is 5.75 Å². The molecule has 7 heteroatoms. The van der Waals surface area contributed by atoms with Crippen molar-refractivity contribution in [1.29, 1.82) is 0 Å². The molecule has 1 heterocycles. The van der Waals surface area contributed by atoms with Crippen molar-refractivity contribution in [2.75, 3.05) is 13.6 Å². The molecule has 2 bridgehead atoms. The second-order valence-electron chi connectivity index (χ2n) is 14.3. The third-order valence-electron chi connectivity index (χ3n) is 10.7. The van der Waals surface area contributed by atoms with Crippen LogP contribution in [0.1, 0.15) is 82.9 Å². The Kier molecular flexibility index (Phi) is 9.96. The molecule has 3 unspecified atom stereocenters. The minimum Gasteiger partial charge on any atom is -0.426 e. The normalized spacial score (nSPS) is 25.0. The molecule has 44 heavy (non-hydrogen) atoms. The summed E-state index contributed by atoms with van der Waals surface area (Å²) in [6, 6.07) is 15.1. The largest absolute Gasteiger partial charge is 0.426 e. The molecule has 0 radical (unpaired) electrons. The van der Waals surface area contributed by atoms with Gasteiger partial charge in [0.2, 0.25) is 5.91 Å². The molecule has 0 spiro atoms. The molecule has 1 saturated heterocycles. The number of likely N-dealkylation sites (N-methyl/N-ethyl adjacent to an activating group) is 1. The van der Waals surface area contributed by atoms with E-state index in [9.17, 15) is 14.4 Å². The number of amides is 1. The Morgan fingerprint density at radius 3 is 2.48 bits per heavy atom. The number of esters is 1. The van der Waals surface area contributed by atoms with Crippen molar-refractivity contribution >= 4 is 17.7 Å². The molecule has 2 fully saturated rings. The third-order valence-corrected chi connectivity index (χ3v) is 10.7. The molecule has 6 atom stereocenters. The summed E-state index contributed by atoms with van der Waals surface area (Å²) in [7, 11) is 2.27. The van der Waals surface area contributed by atoms with E-state index in [4.69, 9.17) is 10.5 Å². The lowest BCUT2D eigenvalue weighted by atomic mass is 9.52. The second-order valence-corrected chi connectivity index (χ2v) is 14.3. The first-order chi connectivity index (χ1) is 21.0. The predicted molar refractivity (Wildman–Crippen MR) is 173 cm³/mol. The number of hydrogen-bond acceptors (Lipinski definition) is 6. The van der Waals surface area contributed by atoms with Crippen molar-refractivity contribution in [2.45, 2.75) is 103 Å². The molecular weight excluding hydrogens is 550 g/mol. The standard InChI is InChI=1S/C37H51N3O4/c1-23(2)33(38)35(42)39-34(24(3)4)32(41)21-27(19-25-11-7-6-8-12-25)36(43)44-28-15-14-26-20-31-29-13-9-10-16-37(29,30(26)22-28)17-18-40(31)5/h6-8,11-12,14-15,22-24,27,29,31,33-34H,9-10,13,16-21,38H2,1-5H3,(H,39,42)/t27?,29-,31+,33?,34?,37+/m0/s1. The van der Waals surface area contributed by atoms with Gasteiger partial charge in [-0.3, -0.25) is 14.4 Å². The number of nitrogens with two attached hydrogens (primary N) is 1. The first-order valence-corrected chi connectivity index (χ1v) is 16.7. The number of ketones is 1. The average molecular weight is 602 g/mol. The summed E-state index contributed by atoms with van der Waals surface area (Å²) in [5, 5.41) is 2.87. The Labute approximate surface area is 263 Å². The van der Waals surface area contributed by atoms with E-state index < -0.39 is 24.0 Å². The molecule has 2 aliphatic carbocycles. The van der Waals surface area contributed by atoms with Crippen molar-refractivity contribution in [3.05, 3.63) is 65.2 Å². The fraction of sp³-hybridized carbons (Fsp3) is 0.595. The van der Waals surface area contributed by atoms with Gasteiger partial charge in [0.1, 0.15) is 5.75 Å². The van der Waals surface area contributed by atoms with Crippen LogP contribution in [0.25, 0.3) is 0 Å². The van der Waals surface area contributed by atoms with Gasteiger partial charge in [-0.15, -0.1) is 0 Å². The van der Waals surface area contributed by atoms with Crippen LogP contribution in [0.15, 0.2) is 48.5 Å². The van der Waals surface area contributed by atoms with Crippen LogP contribution in [0.3, 0.4) is 0 Å². The highest BCUT2D eigenvalue weighted by molar-refractivity contribution is 5.93. The summed E-state index contributed by atoms with van der Waals surface area (Å²) in [4.78, 5) is 42.9. The van der Waals surface area contributed by atoms with Gasteiger partial charge in [-0.1, -0.05) is 76.9 Å². The summed E-state index contributed by atoms with van der Waals surface area (Å²) in [6.07, 6.45) is 7.52. The SMILES string of the molecule is CC(C)C(N)C(=O)NC(C(=O)CC(Cc1ccccc1)C(=O)Oc1ccc2c(c1)[C@@]13CCCC[C@H]1[C@@H](C2)N(C)CC3)C(C)C. The second kappa shape index (κ2) is 13.5. The maximum absolute atomic E-state index is 13.9. The molecule has 1 amide bonds. The van der Waals surface area contributed by atoms with E-state index >= 15 is 0 Å². The molecule has 1 aliphatic heterocycles. The van der Waals surface area contributed by atoms with Crippen LogP contribution in [0.2, 0.25) is 0 Å². The van der Waals surface area contributed by atoms with Gasteiger partial charge < -0.3 is 20.7 Å². The molecule has 7 nitrogen and oxygen atoms in total. The minimum absolute atomic E-state index is 0.0290. The number of fused-ring (bicyclic) bond motifs is 1. The smallest absolute Gasteiger partial charge is 0.315 e. The quantitative estimate of drug-likeness (QED) is 0.271. The molecule has 2 aromatic rings. The van der Waals surface area contributed by atoms with E-state index in [1.165, 1.54) is 36.8 Å². The van der Waals surface area contributed by atoms with Crippen LogP contribution < -0.4 is 15.8 Å². The van der Waals surface area contributed by atoms with Gasteiger partial charge in [0.25, 0.3) is 0 Å². The zero-order chi connectivity index (χ0) is 31.6. The highest BCUT2D eigenvalue weighted by Gasteiger charge is 2.53. The molecule has 5 rings (SSSR count). The Morgan fingerprint density at radius 2 is 1.77 bits per heavy atom. The fourth-order valence-corrected chi connectivity index (χ4v) is 8.12. The van der Waals surface area contributed by atoms with Gasteiger partial charge in [0.15, 0.2) is 5.78 Å². The molecular formula is C37H51N3O4. The Balaban J connectivity index is 1.38. The first-order valence-electron chi connectivity index (χ1n) is 16.7. The Morgan fingerprint density at radius 1 is 1.02 bits per heavy atom. The molecule has 238 valence electrons. The Hall–Kier alpha value is -3.03. The number of piperidine rings is 1. The summed E-state index contributed by atoms with van der Waals surface area (Å²) in [6.45, 7) is 8.64. The topological polar surface area (TPSA) is 102 Å². The van der Waals surface area contributed by atoms with Crippen molar-refractivity contribution in [1.82, 2.24) is 10.2 Å². The van der Waals surface area contributed by atoms with Crippen LogP contribution >= 0.6 is 0 Å². The lowest BCUT2D eigenvalue weighted by Crippen LogP contribution is -2.59. The van der Waals surface area contributed by atoms with Gasteiger partial charge in [0.05, 0.1) is 18.0 Å². The van der Waals surface area contributed by atoms with Crippen molar-refractivity contribution < 1.29 is 19.1 Å². The van der Waals surface area contributed by atoms with E-state index in [1.807, 2.05) is 64.1 Å². The zero-order valence-corrected chi connectivity index (χ0v) is 27.2. The van der Waals surface area contributed by atoms with E-state index in [1.54, 1.807) is 0 Å². The molecule has 3 aliphatic rings. The monoisotopic (exact) mass is 601 g/mol. The van der Waals surface area contributed by atoms with E-state index in [-0.39, 0.29) is 35.4 Å². The molecule has 1 saturated carbocycles. The number of ether oxygens (including phenoxy) is 1. The van der Waals surface area contributed by atoms with Gasteiger partial charge >= 0.3 is 5.97 Å². The van der Waals surface area contributed by atoms with Gasteiger partial charge in [-0.2, -0.15) is 0 Å². The number of nitrogens with zero attached hydrogens (tertiary/aromatic N) is 1. The lowest BCUT2D eigenvalue weighted by molar-refractivity contribution is -0.141. The summed E-state index contributed by atoms with van der Waals surface area (Å²) < 4.78 is 6.13. The van der Waals surface area contributed by atoms with Crippen molar-refractivity contribution in [2.24, 2.45) is 29.4 Å². The molecule has 2 aromatic carbocycles. The van der Waals surface area contributed by atoms with Gasteiger partial charge in [-0.05, 0) is 92.3 Å². The van der Waals surface area contributed by atoms with Crippen LogP contribution in [0.4, 0.5) is 0 Å². The van der Waals surface area contributed by atoms with Crippen LogP contribution in [-0.4, -0.2) is 54.3 Å². The highest BCUT2D eigenvalue weighted by atomic mass is 16.5. The first kappa shape index (κ1) is 32.4. The lowest BCUT2D eigenvalue weighted by Gasteiger charge is -2.58.